The minimum absolute atomic E-state index is 0. The quantitative estimate of drug-likeness (QED) is 0.222. The Morgan fingerprint density at radius 3 is 0.731 bits per heavy atom. The van der Waals surface area contributed by atoms with Gasteiger partial charge in [-0.05, 0) is 0 Å². The van der Waals surface area contributed by atoms with Gasteiger partial charge in [0.05, 0.1) is 0 Å². The van der Waals surface area contributed by atoms with Crippen LogP contribution >= 0.6 is 11.6 Å². The summed E-state index contributed by atoms with van der Waals surface area (Å²) in [6.45, 7) is 0. The Morgan fingerprint density at radius 1 is 0.500 bits per heavy atom. The first-order chi connectivity index (χ1) is 11.0. The summed E-state index contributed by atoms with van der Waals surface area (Å²) < 4.78 is 0. The molecule has 0 saturated carbocycles. The van der Waals surface area contributed by atoms with Gasteiger partial charge in [0.1, 0.15) is 0 Å². The zero-order chi connectivity index (χ0) is 16.1. The number of halogens is 3. The van der Waals surface area contributed by atoms with Crippen LogP contribution in [0.4, 0.5) is 0 Å². The Kier molecular flexibility index (Phi) is 52.5. The molecule has 0 unspecified atom stereocenters. The van der Waals surface area contributed by atoms with Crippen LogP contribution in [0.2, 0.25) is 0 Å². The van der Waals surface area contributed by atoms with Gasteiger partial charge in [0.2, 0.25) is 0 Å². The smallest absolute Gasteiger partial charge is 1.00 e. The molecule has 0 radical (unpaired) electrons. The molecular weight excluding hydrogens is 543 g/mol. The summed E-state index contributed by atoms with van der Waals surface area (Å²) >= 11 is 4.64. The summed E-state index contributed by atoms with van der Waals surface area (Å²) in [5.41, 5.74) is 0. The van der Waals surface area contributed by atoms with Gasteiger partial charge in [0, 0.05) is 6.38 Å². The molecule has 0 atom stereocenters. The van der Waals surface area contributed by atoms with Gasteiger partial charge in [-0.1, -0.05) is 0 Å². The Morgan fingerprint density at radius 2 is 0.692 bits per heavy atom. The Balaban J connectivity index is -0.0000000696. The second-order valence-electron chi connectivity index (χ2n) is 4.01. The van der Waals surface area contributed by atoms with Crippen molar-refractivity contribution in [3.8, 4) is 0 Å². The molecule has 0 amide bonds. The number of allylic oxidation sites excluding steroid dienone is 16. The molecular formula is C21H23Br2ClTi2-2. The maximum absolute atomic E-state index is 4.64. The van der Waals surface area contributed by atoms with E-state index in [9.17, 15) is 0 Å². The zero-order valence-corrected chi connectivity index (χ0v) is 21.9. The first-order valence-corrected chi connectivity index (χ1v) is 8.00. The molecule has 0 bridgehead atoms. The van der Waals surface area contributed by atoms with E-state index < -0.39 is 0 Å². The van der Waals surface area contributed by atoms with Gasteiger partial charge < -0.3 is 34.0 Å². The summed E-state index contributed by atoms with van der Waals surface area (Å²) in [6.07, 6.45) is 41.5. The third-order valence-corrected chi connectivity index (χ3v) is 2.34. The predicted molar refractivity (Wildman–Crippen MR) is 98.1 cm³/mol. The summed E-state index contributed by atoms with van der Waals surface area (Å²) in [5.74, 6) is 0. The van der Waals surface area contributed by atoms with E-state index in [1.807, 2.05) is 48.6 Å². The fraction of sp³-hybridized carbons (Fsp3) is 0.238. The van der Waals surface area contributed by atoms with Crippen LogP contribution in [0.5, 0.6) is 0 Å². The van der Waals surface area contributed by atoms with E-state index >= 15 is 0 Å². The molecule has 4 aliphatic carbocycles. The minimum atomic E-state index is 0. The van der Waals surface area contributed by atoms with Gasteiger partial charge >= 0.3 is 43.4 Å². The molecule has 0 spiro atoms. The third kappa shape index (κ3) is 32.3. The van der Waals surface area contributed by atoms with Gasteiger partial charge in [-0.25, -0.2) is 48.6 Å². The van der Waals surface area contributed by atoms with Crippen LogP contribution in [-0.2, 0) is 43.4 Å². The van der Waals surface area contributed by atoms with Crippen molar-refractivity contribution >= 4 is 11.6 Å². The molecule has 4 aliphatic rings. The van der Waals surface area contributed by atoms with E-state index in [-0.39, 0.29) is 77.4 Å². The molecule has 26 heavy (non-hydrogen) atoms. The summed E-state index contributed by atoms with van der Waals surface area (Å²) in [6, 6.07) is 0. The third-order valence-electron chi connectivity index (χ3n) is 2.34. The summed E-state index contributed by atoms with van der Waals surface area (Å²) in [5, 5.41) is 0. The number of hydrogen-bond donors (Lipinski definition) is 0. The van der Waals surface area contributed by atoms with Crippen LogP contribution < -0.4 is 34.0 Å². The molecule has 0 aromatic rings. The molecule has 0 nitrogen and oxygen atoms in total. The normalized spacial score (nSPS) is 13.8. The first kappa shape index (κ1) is 37.4. The monoisotopic (exact) mass is 564 g/mol. The van der Waals surface area contributed by atoms with Crippen molar-refractivity contribution in [3.05, 3.63) is 97.2 Å². The molecule has 138 valence electrons. The Hall–Kier alpha value is 0.599. The molecule has 0 fully saturated rings. The molecule has 0 saturated heterocycles. The zero-order valence-electron chi connectivity index (χ0n) is 14.9. The largest absolute Gasteiger partial charge is 2.00 e. The van der Waals surface area contributed by atoms with E-state index in [1.165, 1.54) is 6.38 Å². The Bertz CT molecular complexity index is 346. The van der Waals surface area contributed by atoms with Crippen LogP contribution in [0, 0.1) is 24.3 Å². The number of rotatable bonds is 0. The molecule has 5 heteroatoms. The van der Waals surface area contributed by atoms with Crippen LogP contribution in [0.1, 0.15) is 25.7 Å². The van der Waals surface area contributed by atoms with E-state index in [0.29, 0.717) is 0 Å². The van der Waals surface area contributed by atoms with Crippen LogP contribution in [0.3, 0.4) is 0 Å². The second kappa shape index (κ2) is 36.5. The van der Waals surface area contributed by atoms with Crippen LogP contribution in [0.15, 0.2) is 72.9 Å². The Labute approximate surface area is 216 Å². The van der Waals surface area contributed by atoms with Gasteiger partial charge in [0.25, 0.3) is 0 Å². The maximum Gasteiger partial charge on any atom is 2.00 e. The fourth-order valence-electron chi connectivity index (χ4n) is 1.36. The molecule has 0 heterocycles. The predicted octanol–water partition coefficient (Wildman–Crippen LogP) is 0.0808. The minimum Gasteiger partial charge on any atom is -1.00 e. The van der Waals surface area contributed by atoms with Crippen molar-refractivity contribution in [1.82, 2.24) is 0 Å². The molecule has 0 aliphatic heterocycles. The van der Waals surface area contributed by atoms with Crippen molar-refractivity contribution in [2.75, 3.05) is 6.38 Å². The van der Waals surface area contributed by atoms with Gasteiger partial charge in [-0.15, -0.1) is 37.3 Å². The van der Waals surface area contributed by atoms with Crippen molar-refractivity contribution in [1.29, 1.82) is 0 Å². The van der Waals surface area contributed by atoms with E-state index in [0.717, 1.165) is 25.7 Å². The standard InChI is InChI=1S/4C5H5.CH3Cl.2BrH.2Ti/c4*1-2-4-5-3-1;1-2;;;;/h4*1-3H,4H2;1H3;2*1H;;/q4*-1;;;;2*+2/p-2. The average molecular weight is 566 g/mol. The maximum atomic E-state index is 4.64. The molecule has 0 N–H and O–H groups in total. The van der Waals surface area contributed by atoms with E-state index in [4.69, 9.17) is 0 Å². The van der Waals surface area contributed by atoms with E-state index in [1.54, 1.807) is 0 Å². The second-order valence-corrected chi connectivity index (χ2v) is 4.01. The first-order valence-electron chi connectivity index (χ1n) is 7.25. The van der Waals surface area contributed by atoms with Gasteiger partial charge in [-0.3, -0.25) is 24.3 Å². The molecule has 0 aromatic heterocycles. The van der Waals surface area contributed by atoms with Crippen LogP contribution in [0.25, 0.3) is 0 Å². The van der Waals surface area contributed by atoms with Crippen LogP contribution in [-0.4, -0.2) is 6.38 Å². The SMILES string of the molecule is CCl.[Br-].[Br-].[C-]1=CC=CC1.[C-]1=CC=CC1.[C-]1=CC=CC1.[C-]1=CC=CC1.[Ti+2].[Ti+2]. The average Bonchev–Trinajstić information content (AvgIpc) is 3.46. The van der Waals surface area contributed by atoms with Crippen molar-refractivity contribution in [2.45, 2.75) is 25.7 Å². The molecule has 4 rings (SSSR count). The van der Waals surface area contributed by atoms with Crippen molar-refractivity contribution < 1.29 is 77.4 Å². The summed E-state index contributed by atoms with van der Waals surface area (Å²) in [4.78, 5) is 0. The van der Waals surface area contributed by atoms with Gasteiger partial charge in [0.15, 0.2) is 0 Å². The number of alkyl halides is 1. The van der Waals surface area contributed by atoms with E-state index in [2.05, 4.69) is 60.2 Å². The fourth-order valence-corrected chi connectivity index (χ4v) is 1.36. The summed E-state index contributed by atoms with van der Waals surface area (Å²) in [7, 11) is 0. The van der Waals surface area contributed by atoms with Crippen molar-refractivity contribution in [3.63, 3.8) is 0 Å². The molecule has 0 aromatic carbocycles. The number of hydrogen-bond acceptors (Lipinski definition) is 0. The van der Waals surface area contributed by atoms with Gasteiger partial charge in [-0.2, -0.15) is 24.3 Å². The van der Waals surface area contributed by atoms with Crippen molar-refractivity contribution in [2.24, 2.45) is 0 Å². The topological polar surface area (TPSA) is 0 Å².